The highest BCUT2D eigenvalue weighted by Crippen LogP contribution is 2.15. The Bertz CT molecular complexity index is 190. The third-order valence-corrected chi connectivity index (χ3v) is 2.20. The second-order valence-corrected chi connectivity index (χ2v) is 3.75. The fourth-order valence-corrected chi connectivity index (χ4v) is 1.48. The monoisotopic (exact) mass is 199 g/mol. The summed E-state index contributed by atoms with van der Waals surface area (Å²) < 4.78 is 0. The summed E-state index contributed by atoms with van der Waals surface area (Å²) in [6, 6.07) is 0. The quantitative estimate of drug-likeness (QED) is 0.617. The highest BCUT2D eigenvalue weighted by Gasteiger charge is 2.13. The normalized spacial score (nSPS) is 15.6. The Hall–Kier alpha value is -0.830. The maximum Gasteiger partial charge on any atom is 0.303 e. The highest BCUT2D eigenvalue weighted by atomic mass is 16.4. The van der Waals surface area contributed by atoms with Gasteiger partial charge in [-0.05, 0) is 31.2 Å². The van der Waals surface area contributed by atoms with E-state index in [1.165, 1.54) is 0 Å². The lowest BCUT2D eigenvalue weighted by Crippen LogP contribution is -2.19. The Morgan fingerprint density at radius 3 is 2.64 bits per heavy atom. The number of aliphatic carboxylic acids is 1. The second-order valence-electron chi connectivity index (χ2n) is 3.75. The van der Waals surface area contributed by atoms with Gasteiger partial charge in [0, 0.05) is 6.42 Å². The lowest BCUT2D eigenvalue weighted by atomic mass is 9.93. The van der Waals surface area contributed by atoms with Crippen LogP contribution in [0.3, 0.4) is 0 Å². The average Bonchev–Trinajstić information content (AvgIpc) is 2.12. The Balaban J connectivity index is 3.91. The Morgan fingerprint density at radius 2 is 2.21 bits per heavy atom. The summed E-state index contributed by atoms with van der Waals surface area (Å²) >= 11 is 0. The van der Waals surface area contributed by atoms with Gasteiger partial charge in [0.05, 0.1) is 0 Å². The SMILES string of the molecule is CC/C=C\C(C)C[C@H](CN)CC(=O)O. The van der Waals surface area contributed by atoms with Gasteiger partial charge in [0.25, 0.3) is 0 Å². The van der Waals surface area contributed by atoms with Crippen molar-refractivity contribution in [2.75, 3.05) is 6.54 Å². The molecule has 3 heteroatoms. The van der Waals surface area contributed by atoms with Crippen LogP contribution in [0.15, 0.2) is 12.2 Å². The molecule has 0 heterocycles. The molecule has 0 amide bonds. The number of rotatable bonds is 7. The predicted octanol–water partition coefficient (Wildman–Crippen LogP) is 2.03. The van der Waals surface area contributed by atoms with E-state index >= 15 is 0 Å². The molecule has 2 atom stereocenters. The van der Waals surface area contributed by atoms with Gasteiger partial charge in [-0.3, -0.25) is 4.79 Å². The van der Waals surface area contributed by atoms with Gasteiger partial charge < -0.3 is 10.8 Å². The van der Waals surface area contributed by atoms with Crippen molar-refractivity contribution in [3.05, 3.63) is 12.2 Å². The number of carboxylic acid groups (broad SMARTS) is 1. The van der Waals surface area contributed by atoms with Crippen LogP contribution >= 0.6 is 0 Å². The van der Waals surface area contributed by atoms with Crippen LogP contribution in [-0.2, 0) is 4.79 Å². The number of nitrogens with two attached hydrogens (primary N) is 1. The average molecular weight is 199 g/mol. The van der Waals surface area contributed by atoms with E-state index in [1.54, 1.807) is 0 Å². The van der Waals surface area contributed by atoms with Gasteiger partial charge in [-0.1, -0.05) is 26.0 Å². The largest absolute Gasteiger partial charge is 0.481 e. The minimum Gasteiger partial charge on any atom is -0.481 e. The van der Waals surface area contributed by atoms with Crippen LogP contribution in [0.25, 0.3) is 0 Å². The zero-order valence-corrected chi connectivity index (χ0v) is 9.07. The Labute approximate surface area is 86.0 Å². The van der Waals surface area contributed by atoms with Crippen molar-refractivity contribution >= 4 is 5.97 Å². The molecule has 0 aliphatic carbocycles. The molecule has 0 bridgehead atoms. The number of allylic oxidation sites excluding steroid dienone is 2. The maximum atomic E-state index is 10.5. The third kappa shape index (κ3) is 6.66. The van der Waals surface area contributed by atoms with E-state index in [0.29, 0.717) is 12.5 Å². The van der Waals surface area contributed by atoms with Crippen LogP contribution in [0.4, 0.5) is 0 Å². The molecule has 0 radical (unpaired) electrons. The van der Waals surface area contributed by atoms with Gasteiger partial charge in [0.1, 0.15) is 0 Å². The topological polar surface area (TPSA) is 63.3 Å². The number of hydrogen-bond donors (Lipinski definition) is 2. The molecule has 0 aromatic carbocycles. The molecule has 0 fully saturated rings. The van der Waals surface area contributed by atoms with Crippen molar-refractivity contribution < 1.29 is 9.90 Å². The van der Waals surface area contributed by atoms with Gasteiger partial charge in [-0.25, -0.2) is 0 Å². The molecule has 3 nitrogen and oxygen atoms in total. The molecule has 0 rings (SSSR count). The molecule has 1 unspecified atom stereocenters. The van der Waals surface area contributed by atoms with Gasteiger partial charge in [0.2, 0.25) is 0 Å². The lowest BCUT2D eigenvalue weighted by Gasteiger charge is -2.15. The van der Waals surface area contributed by atoms with Crippen molar-refractivity contribution in [3.8, 4) is 0 Å². The number of carboxylic acids is 1. The predicted molar refractivity (Wildman–Crippen MR) is 58.0 cm³/mol. The molecule has 3 N–H and O–H groups in total. The van der Waals surface area contributed by atoms with Crippen LogP contribution in [0.2, 0.25) is 0 Å². The third-order valence-electron chi connectivity index (χ3n) is 2.20. The van der Waals surface area contributed by atoms with Crippen molar-refractivity contribution in [2.24, 2.45) is 17.6 Å². The van der Waals surface area contributed by atoms with Gasteiger partial charge in [-0.15, -0.1) is 0 Å². The van der Waals surface area contributed by atoms with E-state index in [-0.39, 0.29) is 12.3 Å². The summed E-state index contributed by atoms with van der Waals surface area (Å²) in [5.41, 5.74) is 5.51. The molecule has 0 aromatic heterocycles. The van der Waals surface area contributed by atoms with Crippen molar-refractivity contribution in [1.29, 1.82) is 0 Å². The fourth-order valence-electron chi connectivity index (χ4n) is 1.48. The van der Waals surface area contributed by atoms with E-state index in [0.717, 1.165) is 12.8 Å². The summed E-state index contributed by atoms with van der Waals surface area (Å²) in [6.45, 7) is 4.63. The molecule has 0 aliphatic heterocycles. The van der Waals surface area contributed by atoms with Gasteiger partial charge in [-0.2, -0.15) is 0 Å². The standard InChI is InChI=1S/C11H21NO2/c1-3-4-5-9(2)6-10(8-12)7-11(13)14/h4-5,9-10H,3,6-8,12H2,1-2H3,(H,13,14)/b5-4-/t9?,10-/m0/s1. The molecular formula is C11H21NO2. The molecule has 82 valence electrons. The minimum absolute atomic E-state index is 0.101. The van der Waals surface area contributed by atoms with E-state index in [4.69, 9.17) is 10.8 Å². The maximum absolute atomic E-state index is 10.5. The Kier molecular flexibility index (Phi) is 7.11. The Morgan fingerprint density at radius 1 is 1.57 bits per heavy atom. The first kappa shape index (κ1) is 13.2. The first-order valence-electron chi connectivity index (χ1n) is 5.18. The van der Waals surface area contributed by atoms with Crippen LogP contribution < -0.4 is 5.73 Å². The van der Waals surface area contributed by atoms with Crippen LogP contribution in [0.1, 0.15) is 33.1 Å². The lowest BCUT2D eigenvalue weighted by molar-refractivity contribution is -0.138. The first-order chi connectivity index (χ1) is 6.60. The van der Waals surface area contributed by atoms with Gasteiger partial charge >= 0.3 is 5.97 Å². The van der Waals surface area contributed by atoms with E-state index in [9.17, 15) is 4.79 Å². The van der Waals surface area contributed by atoms with Crippen molar-refractivity contribution in [3.63, 3.8) is 0 Å². The van der Waals surface area contributed by atoms with Crippen LogP contribution in [-0.4, -0.2) is 17.6 Å². The number of carbonyl (C=O) groups is 1. The number of hydrogen-bond acceptors (Lipinski definition) is 2. The molecule has 14 heavy (non-hydrogen) atoms. The van der Waals surface area contributed by atoms with E-state index in [1.807, 2.05) is 0 Å². The van der Waals surface area contributed by atoms with E-state index < -0.39 is 5.97 Å². The smallest absolute Gasteiger partial charge is 0.303 e. The fraction of sp³-hybridized carbons (Fsp3) is 0.727. The second kappa shape index (κ2) is 7.56. The molecule has 0 spiro atoms. The molecular weight excluding hydrogens is 178 g/mol. The molecule has 0 aromatic rings. The van der Waals surface area contributed by atoms with Crippen molar-refractivity contribution in [1.82, 2.24) is 0 Å². The van der Waals surface area contributed by atoms with Crippen LogP contribution in [0.5, 0.6) is 0 Å². The molecule has 0 aliphatic rings. The summed E-state index contributed by atoms with van der Waals surface area (Å²) in [7, 11) is 0. The summed E-state index contributed by atoms with van der Waals surface area (Å²) in [5, 5.41) is 8.63. The summed E-state index contributed by atoms with van der Waals surface area (Å²) in [4.78, 5) is 10.5. The van der Waals surface area contributed by atoms with Gasteiger partial charge in [0.15, 0.2) is 0 Å². The zero-order chi connectivity index (χ0) is 11.0. The van der Waals surface area contributed by atoms with Crippen LogP contribution in [0, 0.1) is 11.8 Å². The minimum atomic E-state index is -0.757. The first-order valence-corrected chi connectivity index (χ1v) is 5.18. The van der Waals surface area contributed by atoms with E-state index in [2.05, 4.69) is 26.0 Å². The highest BCUT2D eigenvalue weighted by molar-refractivity contribution is 5.67. The summed E-state index contributed by atoms with van der Waals surface area (Å²) in [6.07, 6.45) is 6.31. The zero-order valence-electron chi connectivity index (χ0n) is 9.07. The molecule has 0 saturated heterocycles. The van der Waals surface area contributed by atoms with Crippen molar-refractivity contribution in [2.45, 2.75) is 33.1 Å². The molecule has 0 saturated carbocycles. The summed E-state index contributed by atoms with van der Waals surface area (Å²) in [5.74, 6) is -0.237.